The highest BCUT2D eigenvalue weighted by Gasteiger charge is 2.29. The number of fused-ring (bicyclic) bond motifs is 1. The summed E-state index contributed by atoms with van der Waals surface area (Å²) in [6.07, 6.45) is 0.000248. The summed E-state index contributed by atoms with van der Waals surface area (Å²) in [4.78, 5) is 39.5. The molecular formula is C29H30N4O5. The van der Waals surface area contributed by atoms with Gasteiger partial charge < -0.3 is 30.3 Å². The smallest absolute Gasteiger partial charge is 0.437 e. The lowest BCUT2D eigenvalue weighted by atomic mass is 9.99. The van der Waals surface area contributed by atoms with Crippen LogP contribution in [-0.4, -0.2) is 57.2 Å². The molecule has 0 spiro atoms. The zero-order chi connectivity index (χ0) is 27.1. The second-order valence-corrected chi connectivity index (χ2v) is 8.95. The Bertz CT molecular complexity index is 1370. The summed E-state index contributed by atoms with van der Waals surface area (Å²) in [7, 11) is 5.21. The minimum Gasteiger partial charge on any atom is -0.437 e. The monoisotopic (exact) mass is 514 g/mol. The summed E-state index contributed by atoms with van der Waals surface area (Å²) in [5.41, 5.74) is 4.11. The van der Waals surface area contributed by atoms with E-state index in [4.69, 9.17) is 4.74 Å². The predicted molar refractivity (Wildman–Crippen MR) is 147 cm³/mol. The van der Waals surface area contributed by atoms with Gasteiger partial charge in [-0.25, -0.2) is 4.79 Å². The second kappa shape index (κ2) is 12.1. The van der Waals surface area contributed by atoms with Crippen molar-refractivity contribution in [3.05, 3.63) is 89.5 Å². The molecule has 0 atom stereocenters. The number of benzene rings is 3. The fraction of sp³-hybridized carbons (Fsp3) is 0.207. The number of ether oxygens (including phenoxy) is 2. The number of carbonyl (C=O) groups excluding carboxylic acids is 3. The molecule has 38 heavy (non-hydrogen) atoms. The molecule has 196 valence electrons. The molecule has 0 aromatic heterocycles. The Morgan fingerprint density at radius 2 is 1.71 bits per heavy atom. The molecule has 0 saturated carbocycles. The molecule has 1 aliphatic heterocycles. The van der Waals surface area contributed by atoms with E-state index in [9.17, 15) is 14.4 Å². The van der Waals surface area contributed by atoms with E-state index >= 15 is 0 Å². The zero-order valence-electron chi connectivity index (χ0n) is 21.5. The van der Waals surface area contributed by atoms with Gasteiger partial charge in [-0.2, -0.15) is 0 Å². The Morgan fingerprint density at radius 3 is 2.45 bits per heavy atom. The first-order chi connectivity index (χ1) is 18.4. The van der Waals surface area contributed by atoms with Gasteiger partial charge in [0.05, 0.1) is 24.1 Å². The third-order valence-electron chi connectivity index (χ3n) is 5.88. The molecule has 1 aliphatic rings. The standard InChI is InChI=1S/C29H30N4O5/c1-33(2)16-8-15-30-27(34)20-11-7-12-21(17-20)31-26(19-9-5-4-6-10-19)25-23-14-13-22(38-29(36)37-3)18-24(23)32-28(25)35/h4-7,9-14,17-18,31H,8,15-16H2,1-3H3,(H,30,34)(H,32,35)/b26-25-. The largest absolute Gasteiger partial charge is 0.513 e. The normalized spacial score (nSPS) is 13.4. The van der Waals surface area contributed by atoms with Crippen molar-refractivity contribution in [3.8, 4) is 5.75 Å². The van der Waals surface area contributed by atoms with Gasteiger partial charge in [-0.15, -0.1) is 0 Å². The number of hydrogen-bond acceptors (Lipinski definition) is 7. The van der Waals surface area contributed by atoms with Crippen molar-refractivity contribution in [1.29, 1.82) is 0 Å². The molecule has 9 heteroatoms. The minimum atomic E-state index is -0.849. The summed E-state index contributed by atoms with van der Waals surface area (Å²) in [6.45, 7) is 1.46. The van der Waals surface area contributed by atoms with Crippen LogP contribution in [0.3, 0.4) is 0 Å². The maximum Gasteiger partial charge on any atom is 0.513 e. The molecule has 3 aromatic rings. The molecule has 0 unspecified atom stereocenters. The van der Waals surface area contributed by atoms with Gasteiger partial charge >= 0.3 is 6.16 Å². The first-order valence-corrected chi connectivity index (χ1v) is 12.2. The molecule has 0 bridgehead atoms. The van der Waals surface area contributed by atoms with Crippen LogP contribution in [0.4, 0.5) is 16.2 Å². The third kappa shape index (κ3) is 6.37. The molecule has 0 fully saturated rings. The predicted octanol–water partition coefficient (Wildman–Crippen LogP) is 4.45. The number of nitrogens with zero attached hydrogens (tertiary/aromatic N) is 1. The average Bonchev–Trinajstić information content (AvgIpc) is 3.24. The van der Waals surface area contributed by atoms with E-state index in [1.165, 1.54) is 7.11 Å². The Hall–Kier alpha value is -4.63. The van der Waals surface area contributed by atoms with E-state index in [1.54, 1.807) is 36.4 Å². The van der Waals surface area contributed by atoms with Gasteiger partial charge in [0.15, 0.2) is 0 Å². The Labute approximate surface area is 221 Å². The SMILES string of the molecule is COC(=O)Oc1ccc2c(c1)NC(=O)/C2=C(\Nc1cccc(C(=O)NCCCN(C)C)c1)c1ccccc1. The Morgan fingerprint density at radius 1 is 0.947 bits per heavy atom. The van der Waals surface area contributed by atoms with Crippen LogP contribution in [0.25, 0.3) is 11.3 Å². The molecule has 1 heterocycles. The van der Waals surface area contributed by atoms with Crippen molar-refractivity contribution < 1.29 is 23.9 Å². The molecule has 3 N–H and O–H groups in total. The van der Waals surface area contributed by atoms with Gasteiger partial charge in [0, 0.05) is 29.4 Å². The maximum absolute atomic E-state index is 13.2. The summed E-state index contributed by atoms with van der Waals surface area (Å²) < 4.78 is 9.64. The second-order valence-electron chi connectivity index (χ2n) is 8.95. The van der Waals surface area contributed by atoms with Crippen LogP contribution in [0.2, 0.25) is 0 Å². The van der Waals surface area contributed by atoms with Crippen molar-refractivity contribution in [2.45, 2.75) is 6.42 Å². The van der Waals surface area contributed by atoms with Crippen LogP contribution in [0.5, 0.6) is 5.75 Å². The van der Waals surface area contributed by atoms with Crippen molar-refractivity contribution in [2.24, 2.45) is 0 Å². The molecule has 9 nitrogen and oxygen atoms in total. The zero-order valence-corrected chi connectivity index (χ0v) is 21.5. The molecule has 0 aliphatic carbocycles. The summed E-state index contributed by atoms with van der Waals surface area (Å²) in [5.74, 6) is -0.226. The third-order valence-corrected chi connectivity index (χ3v) is 5.88. The molecule has 3 aromatic carbocycles. The van der Waals surface area contributed by atoms with Crippen LogP contribution < -0.4 is 20.7 Å². The van der Waals surface area contributed by atoms with Crippen molar-refractivity contribution in [1.82, 2.24) is 10.2 Å². The first kappa shape index (κ1) is 26.4. The highest BCUT2D eigenvalue weighted by Crippen LogP contribution is 2.39. The first-order valence-electron chi connectivity index (χ1n) is 12.2. The fourth-order valence-corrected chi connectivity index (χ4v) is 4.07. The number of methoxy groups -OCH3 is 1. The summed E-state index contributed by atoms with van der Waals surface area (Å²) in [6, 6.07) is 21.5. The number of hydrogen-bond donors (Lipinski definition) is 3. The lowest BCUT2D eigenvalue weighted by Crippen LogP contribution is -2.27. The molecule has 4 rings (SSSR count). The van der Waals surface area contributed by atoms with E-state index in [2.05, 4.69) is 25.6 Å². The van der Waals surface area contributed by atoms with Crippen molar-refractivity contribution >= 4 is 40.6 Å². The van der Waals surface area contributed by atoms with Gasteiger partial charge in [0.1, 0.15) is 5.75 Å². The number of nitrogens with one attached hydrogen (secondary N) is 3. The van der Waals surface area contributed by atoms with Gasteiger partial charge in [0.2, 0.25) is 0 Å². The van der Waals surface area contributed by atoms with Crippen LogP contribution in [0.1, 0.15) is 27.9 Å². The van der Waals surface area contributed by atoms with Crippen LogP contribution in [0.15, 0.2) is 72.8 Å². The number of rotatable bonds is 9. The van der Waals surface area contributed by atoms with E-state index in [0.717, 1.165) is 18.5 Å². The summed E-state index contributed by atoms with van der Waals surface area (Å²) >= 11 is 0. The minimum absolute atomic E-state index is 0.164. The number of anilines is 2. The topological polar surface area (TPSA) is 109 Å². The van der Waals surface area contributed by atoms with Crippen LogP contribution in [-0.2, 0) is 9.53 Å². The highest BCUT2D eigenvalue weighted by molar-refractivity contribution is 6.37. The van der Waals surface area contributed by atoms with Gasteiger partial charge in [-0.05, 0) is 63.0 Å². The van der Waals surface area contributed by atoms with Crippen LogP contribution >= 0.6 is 0 Å². The fourth-order valence-electron chi connectivity index (χ4n) is 4.07. The van der Waals surface area contributed by atoms with E-state index in [1.807, 2.05) is 50.5 Å². The molecule has 0 radical (unpaired) electrons. The number of amides is 2. The van der Waals surface area contributed by atoms with Gasteiger partial charge in [-0.1, -0.05) is 36.4 Å². The summed E-state index contributed by atoms with van der Waals surface area (Å²) in [5, 5.41) is 9.16. The Kier molecular flexibility index (Phi) is 8.40. The van der Waals surface area contributed by atoms with Crippen LogP contribution in [0, 0.1) is 0 Å². The highest BCUT2D eigenvalue weighted by atomic mass is 16.7. The lowest BCUT2D eigenvalue weighted by molar-refractivity contribution is -0.110. The van der Waals surface area contributed by atoms with E-state index in [0.29, 0.717) is 40.3 Å². The maximum atomic E-state index is 13.2. The molecular weight excluding hydrogens is 484 g/mol. The average molecular weight is 515 g/mol. The number of carbonyl (C=O) groups is 3. The quantitative estimate of drug-likeness (QED) is 0.168. The van der Waals surface area contributed by atoms with Gasteiger partial charge in [0.25, 0.3) is 11.8 Å². The van der Waals surface area contributed by atoms with E-state index in [-0.39, 0.29) is 17.6 Å². The Balaban J connectivity index is 1.65. The van der Waals surface area contributed by atoms with Gasteiger partial charge in [-0.3, -0.25) is 9.59 Å². The molecule has 2 amide bonds. The van der Waals surface area contributed by atoms with Crippen molar-refractivity contribution in [3.63, 3.8) is 0 Å². The van der Waals surface area contributed by atoms with Crippen molar-refractivity contribution in [2.75, 3.05) is 44.9 Å². The lowest BCUT2D eigenvalue weighted by Gasteiger charge is -2.16. The van der Waals surface area contributed by atoms with E-state index < -0.39 is 6.16 Å². The molecule has 0 saturated heterocycles.